The normalized spacial score (nSPS) is 14.4. The highest BCUT2D eigenvalue weighted by Crippen LogP contribution is 2.39. The van der Waals surface area contributed by atoms with Crippen LogP contribution >= 0.6 is 39.9 Å². The van der Waals surface area contributed by atoms with Crippen molar-refractivity contribution in [1.82, 2.24) is 0 Å². The first-order valence-electron chi connectivity index (χ1n) is 11.5. The van der Waals surface area contributed by atoms with E-state index in [-0.39, 0.29) is 5.91 Å². The third-order valence-electron chi connectivity index (χ3n) is 5.56. The molecule has 1 saturated heterocycles. The molecule has 4 rings (SSSR count). The highest BCUT2D eigenvalue weighted by atomic mass is 79.9. The number of carbonyl (C=O) groups is 1. The van der Waals surface area contributed by atoms with Crippen molar-refractivity contribution in [2.45, 2.75) is 26.9 Å². The SMILES string of the molecule is C=CCc1cc(/C=C2\SC(=S)N(c3ccccc3C)C2=O)cc(OCC)c1OCc1ccc(Br)cc1. The van der Waals surface area contributed by atoms with Crippen molar-refractivity contribution < 1.29 is 14.3 Å². The zero-order valence-corrected chi connectivity index (χ0v) is 23.3. The van der Waals surface area contributed by atoms with E-state index < -0.39 is 0 Å². The Kier molecular flexibility index (Phi) is 8.67. The number of nitrogens with zero attached hydrogens (tertiary/aromatic N) is 1. The van der Waals surface area contributed by atoms with Gasteiger partial charge in [-0.15, -0.1) is 6.58 Å². The maximum absolute atomic E-state index is 13.3. The Morgan fingerprint density at radius 3 is 2.56 bits per heavy atom. The average molecular weight is 581 g/mol. The lowest BCUT2D eigenvalue weighted by Gasteiger charge is -2.17. The van der Waals surface area contributed by atoms with Crippen molar-refractivity contribution in [3.8, 4) is 11.5 Å². The molecular weight excluding hydrogens is 554 g/mol. The number of aryl methyl sites for hydroxylation is 1. The summed E-state index contributed by atoms with van der Waals surface area (Å²) in [5, 5.41) is 0. The second kappa shape index (κ2) is 11.9. The summed E-state index contributed by atoms with van der Waals surface area (Å²) in [5.74, 6) is 1.19. The zero-order chi connectivity index (χ0) is 25.7. The molecular formula is C29H26BrNO3S2. The summed E-state index contributed by atoms with van der Waals surface area (Å²) >= 11 is 10.3. The van der Waals surface area contributed by atoms with Crippen LogP contribution in [0.3, 0.4) is 0 Å². The standard InChI is InChI=1S/C29H26BrNO3S2/c1-4-8-22-15-21(16-25(33-5-2)27(22)34-18-20-11-13-23(30)14-12-20)17-26-28(32)31(29(35)36-26)24-10-7-6-9-19(24)3/h4,6-7,9-17H,1,5,8,18H2,2-3H3/b26-17-. The minimum absolute atomic E-state index is 0.127. The molecule has 0 bridgehead atoms. The predicted octanol–water partition coefficient (Wildman–Crippen LogP) is 7.87. The van der Waals surface area contributed by atoms with E-state index in [1.807, 2.05) is 86.7 Å². The number of halogens is 1. The van der Waals surface area contributed by atoms with Gasteiger partial charge in [0, 0.05) is 10.0 Å². The van der Waals surface area contributed by atoms with Gasteiger partial charge >= 0.3 is 0 Å². The lowest BCUT2D eigenvalue weighted by atomic mass is 10.0. The van der Waals surface area contributed by atoms with Crippen LogP contribution in [-0.4, -0.2) is 16.8 Å². The van der Waals surface area contributed by atoms with Crippen molar-refractivity contribution >= 4 is 61.9 Å². The van der Waals surface area contributed by atoms with Crippen LogP contribution in [0.1, 0.15) is 29.2 Å². The molecule has 0 unspecified atom stereocenters. The van der Waals surface area contributed by atoms with Crippen LogP contribution in [0.4, 0.5) is 5.69 Å². The summed E-state index contributed by atoms with van der Waals surface area (Å²) in [6.45, 7) is 8.71. The summed E-state index contributed by atoms with van der Waals surface area (Å²) in [4.78, 5) is 15.5. The molecule has 0 saturated carbocycles. The molecule has 3 aromatic rings. The maximum Gasteiger partial charge on any atom is 0.270 e. The quantitative estimate of drug-likeness (QED) is 0.146. The molecule has 1 fully saturated rings. The van der Waals surface area contributed by atoms with Gasteiger partial charge in [0.05, 0.1) is 17.2 Å². The minimum Gasteiger partial charge on any atom is -0.490 e. The molecule has 4 nitrogen and oxygen atoms in total. The number of thiocarbonyl (C=S) groups is 1. The largest absolute Gasteiger partial charge is 0.490 e. The van der Waals surface area contributed by atoms with E-state index in [4.69, 9.17) is 21.7 Å². The molecule has 7 heteroatoms. The maximum atomic E-state index is 13.3. The van der Waals surface area contributed by atoms with Gasteiger partial charge in [-0.2, -0.15) is 0 Å². The Bertz CT molecular complexity index is 1330. The number of hydrogen-bond donors (Lipinski definition) is 0. The molecule has 0 aromatic heterocycles. The van der Waals surface area contributed by atoms with Crippen molar-refractivity contribution in [3.63, 3.8) is 0 Å². The first-order chi connectivity index (χ1) is 17.4. The van der Waals surface area contributed by atoms with Gasteiger partial charge in [0.15, 0.2) is 15.8 Å². The molecule has 1 amide bonds. The summed E-state index contributed by atoms with van der Waals surface area (Å²) in [6.07, 6.45) is 4.30. The van der Waals surface area contributed by atoms with E-state index in [9.17, 15) is 4.79 Å². The lowest BCUT2D eigenvalue weighted by Crippen LogP contribution is -2.28. The Morgan fingerprint density at radius 1 is 1.11 bits per heavy atom. The van der Waals surface area contributed by atoms with E-state index >= 15 is 0 Å². The van der Waals surface area contributed by atoms with Crippen molar-refractivity contribution in [1.29, 1.82) is 0 Å². The van der Waals surface area contributed by atoms with Crippen LogP contribution in [0, 0.1) is 6.92 Å². The van der Waals surface area contributed by atoms with Gasteiger partial charge in [-0.05, 0) is 73.4 Å². The first kappa shape index (κ1) is 26.2. The predicted molar refractivity (Wildman–Crippen MR) is 157 cm³/mol. The van der Waals surface area contributed by atoms with Crippen molar-refractivity contribution in [3.05, 3.63) is 105 Å². The van der Waals surface area contributed by atoms with Gasteiger partial charge in [0.2, 0.25) is 0 Å². The number of para-hydroxylation sites is 1. The highest BCUT2D eigenvalue weighted by molar-refractivity contribution is 9.10. The molecule has 0 spiro atoms. The third-order valence-corrected chi connectivity index (χ3v) is 7.39. The van der Waals surface area contributed by atoms with E-state index in [1.54, 1.807) is 4.90 Å². The van der Waals surface area contributed by atoms with Crippen LogP contribution in [-0.2, 0) is 17.8 Å². The van der Waals surface area contributed by atoms with Crippen LogP contribution < -0.4 is 14.4 Å². The second-order valence-corrected chi connectivity index (χ2v) is 10.7. The van der Waals surface area contributed by atoms with E-state index in [1.165, 1.54) is 11.8 Å². The molecule has 3 aromatic carbocycles. The fraction of sp³-hybridized carbons (Fsp3) is 0.172. The second-order valence-electron chi connectivity index (χ2n) is 8.15. The number of ether oxygens (including phenoxy) is 2. The van der Waals surface area contributed by atoms with Gasteiger partial charge in [0.25, 0.3) is 5.91 Å². The fourth-order valence-electron chi connectivity index (χ4n) is 3.88. The average Bonchev–Trinajstić information content (AvgIpc) is 3.13. The molecule has 1 aliphatic heterocycles. The summed E-state index contributed by atoms with van der Waals surface area (Å²) in [6, 6.07) is 19.7. The number of rotatable bonds is 9. The molecule has 0 N–H and O–H groups in total. The van der Waals surface area contributed by atoms with E-state index in [2.05, 4.69) is 22.5 Å². The molecule has 0 radical (unpaired) electrons. The number of allylic oxidation sites excluding steroid dienone is 1. The van der Waals surface area contributed by atoms with Crippen LogP contribution in [0.15, 0.2) is 82.7 Å². The Balaban J connectivity index is 1.67. The smallest absolute Gasteiger partial charge is 0.270 e. The molecule has 36 heavy (non-hydrogen) atoms. The molecule has 0 aliphatic carbocycles. The van der Waals surface area contributed by atoms with Gasteiger partial charge in [-0.25, -0.2) is 0 Å². The Morgan fingerprint density at radius 2 is 1.86 bits per heavy atom. The molecule has 1 heterocycles. The lowest BCUT2D eigenvalue weighted by molar-refractivity contribution is -0.113. The van der Waals surface area contributed by atoms with Crippen LogP contribution in [0.5, 0.6) is 11.5 Å². The number of hydrogen-bond acceptors (Lipinski definition) is 5. The number of benzene rings is 3. The van der Waals surface area contributed by atoms with Crippen LogP contribution in [0.25, 0.3) is 6.08 Å². The van der Waals surface area contributed by atoms with Gasteiger partial charge in [-0.3, -0.25) is 9.69 Å². The summed E-state index contributed by atoms with van der Waals surface area (Å²) in [7, 11) is 0. The summed E-state index contributed by atoms with van der Waals surface area (Å²) in [5.41, 5.74) is 4.64. The van der Waals surface area contributed by atoms with Crippen molar-refractivity contribution in [2.75, 3.05) is 11.5 Å². The van der Waals surface area contributed by atoms with E-state index in [0.29, 0.717) is 40.4 Å². The van der Waals surface area contributed by atoms with Crippen LogP contribution in [0.2, 0.25) is 0 Å². The first-order valence-corrected chi connectivity index (χ1v) is 13.5. The molecule has 0 atom stereocenters. The third kappa shape index (κ3) is 5.91. The van der Waals surface area contributed by atoms with Gasteiger partial charge < -0.3 is 9.47 Å². The number of thioether (sulfide) groups is 1. The van der Waals surface area contributed by atoms with E-state index in [0.717, 1.165) is 32.4 Å². The summed E-state index contributed by atoms with van der Waals surface area (Å²) < 4.78 is 13.7. The van der Waals surface area contributed by atoms with Gasteiger partial charge in [-0.1, -0.05) is 76.3 Å². The number of amides is 1. The Hall–Kier alpha value is -2.87. The monoisotopic (exact) mass is 579 g/mol. The topological polar surface area (TPSA) is 38.8 Å². The fourth-order valence-corrected chi connectivity index (χ4v) is 5.43. The minimum atomic E-state index is -0.127. The number of anilines is 1. The van der Waals surface area contributed by atoms with Gasteiger partial charge in [0.1, 0.15) is 6.61 Å². The Labute approximate surface area is 230 Å². The molecule has 184 valence electrons. The zero-order valence-electron chi connectivity index (χ0n) is 20.1. The highest BCUT2D eigenvalue weighted by Gasteiger charge is 2.34. The molecule has 1 aliphatic rings. The van der Waals surface area contributed by atoms with Crippen molar-refractivity contribution in [2.24, 2.45) is 0 Å². The number of carbonyl (C=O) groups excluding carboxylic acids is 1.